The molecule has 104 valence electrons. The summed E-state index contributed by atoms with van der Waals surface area (Å²) >= 11 is 0. The van der Waals surface area contributed by atoms with Gasteiger partial charge in [0.05, 0.1) is 0 Å². The van der Waals surface area contributed by atoms with Gasteiger partial charge in [0.1, 0.15) is 0 Å². The lowest BCUT2D eigenvalue weighted by Gasteiger charge is -1.97. The zero-order valence-electron chi connectivity index (χ0n) is 11.7. The van der Waals surface area contributed by atoms with Crippen molar-refractivity contribution in [3.63, 3.8) is 0 Å². The van der Waals surface area contributed by atoms with Crippen molar-refractivity contribution >= 4 is 10.9 Å². The number of rotatable bonds is 6. The predicted molar refractivity (Wildman–Crippen MR) is 78.6 cm³/mol. The van der Waals surface area contributed by atoms with E-state index < -0.39 is 0 Å². The monoisotopic (exact) mass is 269 g/mol. The summed E-state index contributed by atoms with van der Waals surface area (Å²) in [4.78, 5) is 7.70. The number of aryl methyl sites for hydroxylation is 3. The Labute approximate surface area is 118 Å². The quantitative estimate of drug-likeness (QED) is 0.742. The Balaban J connectivity index is 1.59. The predicted octanol–water partition coefficient (Wildman–Crippen LogP) is 3.68. The Morgan fingerprint density at radius 3 is 2.95 bits per heavy atom. The molecule has 0 unspecified atom stereocenters. The van der Waals surface area contributed by atoms with Crippen LogP contribution in [0.2, 0.25) is 0 Å². The minimum absolute atomic E-state index is 0.758. The third kappa shape index (κ3) is 2.74. The molecule has 4 nitrogen and oxygen atoms in total. The van der Waals surface area contributed by atoms with E-state index in [1.807, 2.05) is 0 Å². The molecule has 0 aliphatic rings. The number of hydrogen-bond donors (Lipinski definition) is 1. The van der Waals surface area contributed by atoms with Crippen molar-refractivity contribution in [2.24, 2.45) is 0 Å². The maximum atomic E-state index is 5.26. The van der Waals surface area contributed by atoms with Gasteiger partial charge in [0.15, 0.2) is 5.82 Å². The van der Waals surface area contributed by atoms with Gasteiger partial charge in [-0.05, 0) is 30.9 Å². The molecule has 0 aliphatic heterocycles. The average molecular weight is 269 g/mol. The van der Waals surface area contributed by atoms with Gasteiger partial charge in [-0.1, -0.05) is 30.3 Å². The van der Waals surface area contributed by atoms with Gasteiger partial charge < -0.3 is 9.51 Å². The molecule has 3 rings (SSSR count). The molecule has 0 bridgehead atoms. The van der Waals surface area contributed by atoms with Gasteiger partial charge in [0.25, 0.3) is 0 Å². The Hall–Kier alpha value is -2.10. The second-order valence-electron chi connectivity index (χ2n) is 5.07. The van der Waals surface area contributed by atoms with Crippen LogP contribution >= 0.6 is 0 Å². The highest BCUT2D eigenvalue weighted by molar-refractivity contribution is 5.82. The Morgan fingerprint density at radius 2 is 2.05 bits per heavy atom. The molecule has 20 heavy (non-hydrogen) atoms. The first kappa shape index (κ1) is 12.9. The van der Waals surface area contributed by atoms with Crippen LogP contribution in [0.25, 0.3) is 10.9 Å². The van der Waals surface area contributed by atoms with Crippen molar-refractivity contribution in [1.29, 1.82) is 0 Å². The first-order valence-corrected chi connectivity index (χ1v) is 7.23. The van der Waals surface area contributed by atoms with Gasteiger partial charge in [-0.15, -0.1) is 0 Å². The van der Waals surface area contributed by atoms with Crippen molar-refractivity contribution in [3.8, 4) is 0 Å². The van der Waals surface area contributed by atoms with E-state index in [0.29, 0.717) is 0 Å². The minimum atomic E-state index is 0.758. The van der Waals surface area contributed by atoms with E-state index in [-0.39, 0.29) is 0 Å². The molecule has 2 heterocycles. The normalized spacial score (nSPS) is 11.2. The average Bonchev–Trinajstić information content (AvgIpc) is 3.07. The molecule has 0 saturated heterocycles. The summed E-state index contributed by atoms with van der Waals surface area (Å²) in [6, 6.07) is 8.39. The number of nitrogens with one attached hydrogen (secondary N) is 1. The minimum Gasteiger partial charge on any atom is -0.361 e. The number of benzene rings is 1. The number of para-hydroxylation sites is 1. The molecule has 3 aromatic rings. The molecule has 0 fully saturated rings. The second-order valence-corrected chi connectivity index (χ2v) is 5.07. The molecule has 0 aliphatic carbocycles. The summed E-state index contributed by atoms with van der Waals surface area (Å²) in [6.45, 7) is 2.12. The number of nitrogens with zero attached hydrogens (tertiary/aromatic N) is 2. The third-order valence-corrected chi connectivity index (χ3v) is 3.50. The standard InChI is InChI=1S/C16H19N3O/c1-2-6-15-18-16(20-19-15)10-5-7-12-11-17-14-9-4-3-8-13(12)14/h3-4,8-9,11,17H,2,5-7,10H2,1H3. The van der Waals surface area contributed by atoms with Gasteiger partial charge in [0.2, 0.25) is 5.89 Å². The summed E-state index contributed by atoms with van der Waals surface area (Å²) in [7, 11) is 0. The van der Waals surface area contributed by atoms with E-state index in [0.717, 1.165) is 43.8 Å². The van der Waals surface area contributed by atoms with E-state index in [9.17, 15) is 0 Å². The van der Waals surface area contributed by atoms with Crippen LogP contribution in [0, 0.1) is 0 Å². The molecule has 0 saturated carbocycles. The fraction of sp³-hybridized carbons (Fsp3) is 0.375. The van der Waals surface area contributed by atoms with Crippen molar-refractivity contribution in [1.82, 2.24) is 15.1 Å². The smallest absolute Gasteiger partial charge is 0.226 e. The number of H-pyrrole nitrogens is 1. The molecule has 0 amide bonds. The number of aromatic amines is 1. The maximum absolute atomic E-state index is 5.26. The largest absolute Gasteiger partial charge is 0.361 e. The summed E-state index contributed by atoms with van der Waals surface area (Å²) in [5.41, 5.74) is 2.56. The van der Waals surface area contributed by atoms with Crippen molar-refractivity contribution in [2.45, 2.75) is 39.0 Å². The Bertz CT molecular complexity index is 684. The first-order chi connectivity index (χ1) is 9.86. The van der Waals surface area contributed by atoms with Crippen LogP contribution in [0.3, 0.4) is 0 Å². The van der Waals surface area contributed by atoms with E-state index in [4.69, 9.17) is 4.52 Å². The van der Waals surface area contributed by atoms with Crippen molar-refractivity contribution in [3.05, 3.63) is 47.7 Å². The molecular weight excluding hydrogens is 250 g/mol. The van der Waals surface area contributed by atoms with Gasteiger partial charge in [0, 0.05) is 29.9 Å². The van der Waals surface area contributed by atoms with E-state index >= 15 is 0 Å². The summed E-state index contributed by atoms with van der Waals surface area (Å²) in [5.74, 6) is 1.59. The molecule has 0 radical (unpaired) electrons. The van der Waals surface area contributed by atoms with Crippen LogP contribution in [0.1, 0.15) is 37.0 Å². The van der Waals surface area contributed by atoms with Crippen molar-refractivity contribution in [2.75, 3.05) is 0 Å². The van der Waals surface area contributed by atoms with E-state index in [1.54, 1.807) is 0 Å². The Kier molecular flexibility index (Phi) is 3.81. The fourth-order valence-electron chi connectivity index (χ4n) is 2.49. The number of hydrogen-bond acceptors (Lipinski definition) is 3. The van der Waals surface area contributed by atoms with E-state index in [1.165, 1.54) is 16.5 Å². The highest BCUT2D eigenvalue weighted by atomic mass is 16.5. The lowest BCUT2D eigenvalue weighted by Crippen LogP contribution is -1.91. The van der Waals surface area contributed by atoms with Crippen molar-refractivity contribution < 1.29 is 4.52 Å². The molecular formula is C16H19N3O. The van der Waals surface area contributed by atoms with Crippen LogP contribution in [0.5, 0.6) is 0 Å². The van der Waals surface area contributed by atoms with Gasteiger partial charge in [-0.3, -0.25) is 0 Å². The lowest BCUT2D eigenvalue weighted by molar-refractivity contribution is 0.370. The molecule has 2 aromatic heterocycles. The fourth-order valence-corrected chi connectivity index (χ4v) is 2.49. The first-order valence-electron chi connectivity index (χ1n) is 7.23. The van der Waals surface area contributed by atoms with Gasteiger partial charge in [-0.2, -0.15) is 4.98 Å². The zero-order valence-corrected chi connectivity index (χ0v) is 11.7. The molecule has 1 aromatic carbocycles. The number of fused-ring (bicyclic) bond motifs is 1. The second kappa shape index (κ2) is 5.90. The van der Waals surface area contributed by atoms with Crippen LogP contribution in [-0.4, -0.2) is 15.1 Å². The van der Waals surface area contributed by atoms with Crippen LogP contribution in [0.15, 0.2) is 35.0 Å². The third-order valence-electron chi connectivity index (χ3n) is 3.50. The highest BCUT2D eigenvalue weighted by Crippen LogP contribution is 2.19. The van der Waals surface area contributed by atoms with Gasteiger partial charge in [-0.25, -0.2) is 0 Å². The topological polar surface area (TPSA) is 54.7 Å². The SMILES string of the molecule is CCCc1noc(CCCc2c[nH]c3ccccc23)n1. The highest BCUT2D eigenvalue weighted by Gasteiger charge is 2.07. The maximum Gasteiger partial charge on any atom is 0.226 e. The summed E-state index contributed by atoms with van der Waals surface area (Å²) < 4.78 is 5.26. The lowest BCUT2D eigenvalue weighted by atomic mass is 10.1. The summed E-state index contributed by atoms with van der Waals surface area (Å²) in [6.07, 6.45) is 6.93. The van der Waals surface area contributed by atoms with Crippen LogP contribution < -0.4 is 0 Å². The summed E-state index contributed by atoms with van der Waals surface area (Å²) in [5, 5.41) is 5.29. The molecule has 0 atom stereocenters. The van der Waals surface area contributed by atoms with Gasteiger partial charge >= 0.3 is 0 Å². The molecule has 0 spiro atoms. The van der Waals surface area contributed by atoms with Crippen LogP contribution in [-0.2, 0) is 19.3 Å². The zero-order chi connectivity index (χ0) is 13.8. The van der Waals surface area contributed by atoms with E-state index in [2.05, 4.69) is 52.5 Å². The number of aromatic nitrogens is 3. The molecule has 1 N–H and O–H groups in total. The Morgan fingerprint density at radius 1 is 1.15 bits per heavy atom. The molecule has 4 heteroatoms. The van der Waals surface area contributed by atoms with Crippen LogP contribution in [0.4, 0.5) is 0 Å².